The molecule has 1 fully saturated rings. The molecule has 4 atom stereocenters. The fourth-order valence-electron chi connectivity index (χ4n) is 4.03. The highest BCUT2D eigenvalue weighted by atomic mass is 79.9. The van der Waals surface area contributed by atoms with E-state index in [1.165, 1.54) is 11.8 Å². The monoisotopic (exact) mass is 492 g/mol. The fraction of sp³-hybridized carbons (Fsp3) is 0.545. The lowest BCUT2D eigenvalue weighted by molar-refractivity contribution is -0.139. The summed E-state index contributed by atoms with van der Waals surface area (Å²) in [6.07, 6.45) is -0.482. The number of rotatable bonds is 4. The zero-order chi connectivity index (χ0) is 23.1. The number of aliphatic hydroxyl groups excluding tert-OH is 1. The molecule has 0 bridgehead atoms. The molecule has 0 aliphatic carbocycles. The third-order valence-corrected chi connectivity index (χ3v) is 6.32. The average Bonchev–Trinajstić information content (AvgIpc) is 3.19. The fourth-order valence-corrected chi connectivity index (χ4v) is 4.29. The maximum Gasteiger partial charge on any atom is 0.277 e. The molecule has 2 aliphatic rings. The van der Waals surface area contributed by atoms with Crippen LogP contribution in [0.4, 0.5) is 0 Å². The zero-order valence-corrected chi connectivity index (χ0v) is 20.0. The summed E-state index contributed by atoms with van der Waals surface area (Å²) in [5.74, 6) is -0.610. The summed E-state index contributed by atoms with van der Waals surface area (Å²) in [5, 5.41) is 16.3. The zero-order valence-electron chi connectivity index (χ0n) is 18.4. The molecule has 3 rings (SSSR count). The Hall–Kier alpha value is -2.26. The third kappa shape index (κ3) is 4.67. The van der Waals surface area contributed by atoms with Crippen molar-refractivity contribution in [3.63, 3.8) is 0 Å². The van der Waals surface area contributed by atoms with Crippen LogP contribution in [0.5, 0.6) is 0 Å². The predicted octanol–water partition coefficient (Wildman–Crippen LogP) is 1.71. The maximum absolute atomic E-state index is 13.4. The molecule has 1 aromatic carbocycles. The van der Waals surface area contributed by atoms with Crippen LogP contribution in [0.25, 0.3) is 0 Å². The van der Waals surface area contributed by atoms with Crippen LogP contribution in [0.2, 0.25) is 0 Å². The minimum atomic E-state index is -1.06. The average molecular weight is 493 g/mol. The summed E-state index contributed by atoms with van der Waals surface area (Å²) < 4.78 is 0.897. The highest BCUT2D eigenvalue weighted by molar-refractivity contribution is 9.10. The maximum atomic E-state index is 13.4. The number of aliphatic hydroxyl groups is 1. The molecule has 9 heteroatoms. The van der Waals surface area contributed by atoms with Crippen LogP contribution in [0.15, 0.2) is 33.7 Å². The van der Waals surface area contributed by atoms with E-state index < -0.39 is 29.1 Å². The first-order chi connectivity index (χ1) is 14.3. The third-order valence-electron chi connectivity index (χ3n) is 5.79. The first-order valence-electron chi connectivity index (χ1n) is 10.3. The summed E-state index contributed by atoms with van der Waals surface area (Å²) in [6, 6.07) is 6.03. The van der Waals surface area contributed by atoms with Crippen molar-refractivity contribution in [3.05, 3.63) is 34.3 Å². The molecule has 8 nitrogen and oxygen atoms in total. The number of β-amino-alcohol motifs (C(OH)–C–C–N with tert-alkyl or cyclic N) is 1. The van der Waals surface area contributed by atoms with Crippen molar-refractivity contribution in [2.45, 2.75) is 64.8 Å². The molecule has 2 aliphatic heterocycles. The van der Waals surface area contributed by atoms with Gasteiger partial charge in [0.05, 0.1) is 12.1 Å². The molecule has 168 valence electrons. The smallest absolute Gasteiger partial charge is 0.277 e. The Bertz CT molecular complexity index is 924. The van der Waals surface area contributed by atoms with E-state index in [9.17, 15) is 19.5 Å². The van der Waals surface area contributed by atoms with E-state index >= 15 is 0 Å². The Kier molecular flexibility index (Phi) is 6.30. The van der Waals surface area contributed by atoms with Gasteiger partial charge in [0.15, 0.2) is 0 Å². The molecule has 31 heavy (non-hydrogen) atoms. The van der Waals surface area contributed by atoms with Gasteiger partial charge in [0.25, 0.3) is 5.91 Å². The van der Waals surface area contributed by atoms with Crippen LogP contribution in [-0.4, -0.2) is 58.3 Å². The molecule has 3 N–H and O–H groups in total. The van der Waals surface area contributed by atoms with Gasteiger partial charge in [-0.15, -0.1) is 0 Å². The molecule has 3 amide bonds. The molecule has 0 aromatic heterocycles. The van der Waals surface area contributed by atoms with Crippen molar-refractivity contribution in [3.8, 4) is 0 Å². The number of nitrogens with one attached hydrogen (secondary N) is 2. The van der Waals surface area contributed by atoms with Crippen LogP contribution in [-0.2, 0) is 19.9 Å². The van der Waals surface area contributed by atoms with Gasteiger partial charge in [-0.2, -0.15) is 4.99 Å². The van der Waals surface area contributed by atoms with Crippen molar-refractivity contribution in [2.75, 3.05) is 6.54 Å². The topological polar surface area (TPSA) is 111 Å². The number of nitrogens with zero attached hydrogens (tertiary/aromatic N) is 2. The summed E-state index contributed by atoms with van der Waals surface area (Å²) in [7, 11) is 0. The first kappa shape index (κ1) is 23.4. The van der Waals surface area contributed by atoms with E-state index in [2.05, 4.69) is 31.6 Å². The van der Waals surface area contributed by atoms with Gasteiger partial charge in [-0.3, -0.25) is 14.4 Å². The van der Waals surface area contributed by atoms with Crippen LogP contribution in [0, 0.1) is 5.41 Å². The number of carbonyl (C=O) groups is 3. The number of halogens is 1. The van der Waals surface area contributed by atoms with Crippen molar-refractivity contribution in [1.82, 2.24) is 15.5 Å². The highest BCUT2D eigenvalue weighted by Crippen LogP contribution is 2.32. The minimum Gasteiger partial charge on any atom is -0.391 e. The molecule has 1 unspecified atom stereocenters. The first-order valence-corrected chi connectivity index (χ1v) is 11.0. The van der Waals surface area contributed by atoms with E-state index in [-0.39, 0.29) is 30.7 Å². The lowest BCUT2D eigenvalue weighted by atomic mass is 9.85. The number of amidine groups is 1. The number of carbonyl (C=O) groups excluding carboxylic acids is 3. The van der Waals surface area contributed by atoms with Crippen molar-refractivity contribution < 1.29 is 19.5 Å². The standard InChI is InChI=1S/C22H29BrN4O4/c1-12(28)24-17(21(2,3)4)19(30)27-11-15(29)10-16(27)18-25-20(31)22(5,26-18)13-6-8-14(23)9-7-13/h6-9,15-17,29H,10-11H2,1-5H3,(H,24,28)(H,25,26,31)/t15-,16-,17?,22-/m1/s1. The molecular weight excluding hydrogens is 464 g/mol. The summed E-state index contributed by atoms with van der Waals surface area (Å²) >= 11 is 3.39. The quantitative estimate of drug-likeness (QED) is 0.592. The highest BCUT2D eigenvalue weighted by Gasteiger charge is 2.48. The van der Waals surface area contributed by atoms with Gasteiger partial charge in [-0.1, -0.05) is 48.8 Å². The second-order valence-corrected chi connectivity index (χ2v) is 10.4. The second-order valence-electron chi connectivity index (χ2n) is 9.45. The Balaban J connectivity index is 1.88. The van der Waals surface area contributed by atoms with Gasteiger partial charge in [-0.25, -0.2) is 0 Å². The molecule has 0 radical (unpaired) electrons. The van der Waals surface area contributed by atoms with E-state index in [0.717, 1.165) is 10.0 Å². The van der Waals surface area contributed by atoms with Crippen molar-refractivity contribution >= 4 is 39.5 Å². The number of hydrogen-bond donors (Lipinski definition) is 3. The largest absolute Gasteiger partial charge is 0.391 e. The van der Waals surface area contributed by atoms with Gasteiger partial charge in [0, 0.05) is 24.4 Å². The van der Waals surface area contributed by atoms with Gasteiger partial charge >= 0.3 is 0 Å². The second kappa shape index (κ2) is 8.35. The SMILES string of the molecule is CC(=O)NC(C(=O)N1C[C@H](O)C[C@@H]1C1=NC(=O)[C@@](C)(c2ccc(Br)cc2)N1)C(C)(C)C. The number of hydrogen-bond acceptors (Lipinski definition) is 5. The van der Waals surface area contributed by atoms with Gasteiger partial charge in [-0.05, 0) is 30.0 Å². The summed E-state index contributed by atoms with van der Waals surface area (Å²) in [5.41, 5.74) is -0.839. The molecule has 0 spiro atoms. The van der Waals surface area contributed by atoms with Gasteiger partial charge in [0.2, 0.25) is 11.8 Å². The van der Waals surface area contributed by atoms with E-state index in [1.807, 2.05) is 45.0 Å². The molecule has 0 saturated carbocycles. The van der Waals surface area contributed by atoms with Crippen LogP contribution in [0.3, 0.4) is 0 Å². The normalized spacial score (nSPS) is 27.0. The number of likely N-dealkylation sites (tertiary alicyclic amines) is 1. The summed E-state index contributed by atoms with van der Waals surface area (Å²) in [6.45, 7) is 8.83. The Morgan fingerprint density at radius 3 is 2.48 bits per heavy atom. The molecule has 1 saturated heterocycles. The number of amides is 3. The summed E-state index contributed by atoms with van der Waals surface area (Å²) in [4.78, 5) is 43.7. The van der Waals surface area contributed by atoms with Gasteiger partial charge < -0.3 is 20.6 Å². The predicted molar refractivity (Wildman–Crippen MR) is 120 cm³/mol. The molecule has 2 heterocycles. The lowest BCUT2D eigenvalue weighted by Crippen LogP contribution is -2.58. The number of aliphatic imine (C=N–C) groups is 1. The van der Waals surface area contributed by atoms with Crippen LogP contribution >= 0.6 is 15.9 Å². The van der Waals surface area contributed by atoms with Crippen molar-refractivity contribution in [2.24, 2.45) is 10.4 Å². The Labute approximate surface area is 190 Å². The molecule has 1 aromatic rings. The van der Waals surface area contributed by atoms with E-state index in [0.29, 0.717) is 5.84 Å². The number of benzene rings is 1. The molecular formula is C22H29BrN4O4. The van der Waals surface area contributed by atoms with Crippen molar-refractivity contribution in [1.29, 1.82) is 0 Å². The Morgan fingerprint density at radius 2 is 1.94 bits per heavy atom. The lowest BCUT2D eigenvalue weighted by Gasteiger charge is -2.36. The van der Waals surface area contributed by atoms with Gasteiger partial charge in [0.1, 0.15) is 17.4 Å². The minimum absolute atomic E-state index is 0.111. The van der Waals surface area contributed by atoms with Crippen LogP contribution < -0.4 is 10.6 Å². The van der Waals surface area contributed by atoms with Crippen LogP contribution in [0.1, 0.15) is 46.6 Å². The van der Waals surface area contributed by atoms with E-state index in [4.69, 9.17) is 0 Å². The Morgan fingerprint density at radius 1 is 1.32 bits per heavy atom. The van der Waals surface area contributed by atoms with E-state index in [1.54, 1.807) is 6.92 Å².